The van der Waals surface area contributed by atoms with Gasteiger partial charge in [0, 0.05) is 12.1 Å². The maximum absolute atomic E-state index is 3.80. The highest BCUT2D eigenvalue weighted by Crippen LogP contribution is 2.37. The van der Waals surface area contributed by atoms with Gasteiger partial charge in [0.15, 0.2) is 0 Å². The molecule has 0 amide bonds. The van der Waals surface area contributed by atoms with Crippen LogP contribution in [0.2, 0.25) is 0 Å². The van der Waals surface area contributed by atoms with Crippen LogP contribution in [0.25, 0.3) is 0 Å². The minimum atomic E-state index is 0.621. The number of benzene rings is 1. The molecule has 1 heterocycles. The van der Waals surface area contributed by atoms with Crippen LogP contribution < -0.4 is 5.32 Å². The van der Waals surface area contributed by atoms with Crippen molar-refractivity contribution >= 4 is 0 Å². The van der Waals surface area contributed by atoms with Crippen molar-refractivity contribution in [2.75, 3.05) is 0 Å². The van der Waals surface area contributed by atoms with Gasteiger partial charge in [-0.2, -0.15) is 0 Å². The SMILES string of the molecule is c1ccc(C2CC3CCCC(C3)N2)cc1. The Balaban J connectivity index is 1.78. The second kappa shape index (κ2) is 3.97. The van der Waals surface area contributed by atoms with Crippen molar-refractivity contribution < 1.29 is 0 Å². The third-order valence-corrected chi connectivity index (χ3v) is 3.99. The Kier molecular flexibility index (Phi) is 2.49. The van der Waals surface area contributed by atoms with Crippen molar-refractivity contribution in [2.24, 2.45) is 5.92 Å². The molecule has 0 radical (unpaired) electrons. The third-order valence-electron chi connectivity index (χ3n) is 3.99. The summed E-state index contributed by atoms with van der Waals surface area (Å²) >= 11 is 0. The van der Waals surface area contributed by atoms with Crippen LogP contribution in [0.3, 0.4) is 0 Å². The van der Waals surface area contributed by atoms with E-state index in [4.69, 9.17) is 0 Å². The number of hydrogen-bond donors (Lipinski definition) is 1. The zero-order chi connectivity index (χ0) is 10.1. The van der Waals surface area contributed by atoms with Crippen molar-refractivity contribution in [3.05, 3.63) is 35.9 Å². The number of nitrogens with one attached hydrogen (secondary N) is 1. The van der Waals surface area contributed by atoms with Gasteiger partial charge in [0.1, 0.15) is 0 Å². The van der Waals surface area contributed by atoms with Gasteiger partial charge in [0.2, 0.25) is 0 Å². The maximum atomic E-state index is 3.80. The molecule has 1 aliphatic heterocycles. The lowest BCUT2D eigenvalue weighted by molar-refractivity contribution is 0.181. The molecule has 1 aliphatic carbocycles. The van der Waals surface area contributed by atoms with Gasteiger partial charge in [0.25, 0.3) is 0 Å². The molecule has 1 aromatic rings. The summed E-state index contributed by atoms with van der Waals surface area (Å²) in [5, 5.41) is 3.80. The summed E-state index contributed by atoms with van der Waals surface area (Å²) in [6.07, 6.45) is 7.05. The van der Waals surface area contributed by atoms with Gasteiger partial charge in [0.05, 0.1) is 0 Å². The van der Waals surface area contributed by atoms with Crippen LogP contribution in [-0.2, 0) is 0 Å². The third kappa shape index (κ3) is 1.93. The second-order valence-electron chi connectivity index (χ2n) is 5.10. The highest BCUT2D eigenvalue weighted by Gasteiger charge is 2.31. The second-order valence-corrected chi connectivity index (χ2v) is 5.10. The molecule has 3 atom stereocenters. The first-order chi connectivity index (χ1) is 7.42. The minimum Gasteiger partial charge on any atom is -0.307 e. The van der Waals surface area contributed by atoms with Crippen LogP contribution in [-0.4, -0.2) is 6.04 Å². The Morgan fingerprint density at radius 1 is 1.00 bits per heavy atom. The molecule has 15 heavy (non-hydrogen) atoms. The summed E-state index contributed by atoms with van der Waals surface area (Å²) in [5.74, 6) is 0.982. The molecule has 1 saturated heterocycles. The van der Waals surface area contributed by atoms with Crippen LogP contribution in [0.5, 0.6) is 0 Å². The van der Waals surface area contributed by atoms with E-state index in [2.05, 4.69) is 35.6 Å². The molecule has 0 spiro atoms. The quantitative estimate of drug-likeness (QED) is 0.735. The highest BCUT2D eigenvalue weighted by molar-refractivity contribution is 5.20. The van der Waals surface area contributed by atoms with E-state index in [0.717, 1.165) is 12.0 Å². The first-order valence-corrected chi connectivity index (χ1v) is 6.23. The number of hydrogen-bond acceptors (Lipinski definition) is 1. The van der Waals surface area contributed by atoms with Gasteiger partial charge in [-0.1, -0.05) is 43.2 Å². The standard InChI is InChI=1S/C14H19N/c1-2-6-12(7-3-1)14-10-11-5-4-8-13(9-11)15-14/h1-3,6-7,11,13-15H,4-5,8-10H2. The average Bonchev–Trinajstić information content (AvgIpc) is 2.30. The summed E-state index contributed by atoms with van der Waals surface area (Å²) in [6.45, 7) is 0. The molecule has 0 aromatic heterocycles. The summed E-state index contributed by atoms with van der Waals surface area (Å²) in [5.41, 5.74) is 1.48. The van der Waals surface area contributed by atoms with Crippen LogP contribution in [0.15, 0.2) is 30.3 Å². The predicted molar refractivity (Wildman–Crippen MR) is 62.7 cm³/mol. The van der Waals surface area contributed by atoms with E-state index < -0.39 is 0 Å². The first kappa shape index (κ1) is 9.41. The molecular formula is C14H19N. The summed E-state index contributed by atoms with van der Waals surface area (Å²) in [7, 11) is 0. The number of rotatable bonds is 1. The number of fused-ring (bicyclic) bond motifs is 2. The molecule has 1 aromatic carbocycles. The van der Waals surface area contributed by atoms with Gasteiger partial charge in [-0.05, 0) is 30.7 Å². The summed E-state index contributed by atoms with van der Waals surface area (Å²) < 4.78 is 0. The fourth-order valence-electron chi connectivity index (χ4n) is 3.26. The van der Waals surface area contributed by atoms with Crippen LogP contribution in [0.1, 0.15) is 43.7 Å². The van der Waals surface area contributed by atoms with E-state index >= 15 is 0 Å². The van der Waals surface area contributed by atoms with Gasteiger partial charge < -0.3 is 5.32 Å². The Morgan fingerprint density at radius 2 is 1.87 bits per heavy atom. The Morgan fingerprint density at radius 3 is 2.67 bits per heavy atom. The van der Waals surface area contributed by atoms with Crippen LogP contribution >= 0.6 is 0 Å². The molecule has 1 nitrogen and oxygen atoms in total. The topological polar surface area (TPSA) is 12.0 Å². The van der Waals surface area contributed by atoms with Gasteiger partial charge in [-0.25, -0.2) is 0 Å². The van der Waals surface area contributed by atoms with Crippen molar-refractivity contribution in [3.8, 4) is 0 Å². The molecule has 3 unspecified atom stereocenters. The van der Waals surface area contributed by atoms with E-state index in [1.807, 2.05) is 0 Å². The first-order valence-electron chi connectivity index (χ1n) is 6.23. The Bertz CT molecular complexity index is 307. The summed E-state index contributed by atoms with van der Waals surface area (Å²) in [6, 6.07) is 12.4. The lowest BCUT2D eigenvalue weighted by Crippen LogP contribution is -2.42. The molecular weight excluding hydrogens is 182 g/mol. The van der Waals surface area contributed by atoms with Gasteiger partial charge in [-0.15, -0.1) is 0 Å². The molecule has 1 heteroatoms. The van der Waals surface area contributed by atoms with Crippen molar-refractivity contribution in [3.63, 3.8) is 0 Å². The fourth-order valence-corrected chi connectivity index (χ4v) is 3.26. The smallest absolute Gasteiger partial charge is 0.0325 e. The van der Waals surface area contributed by atoms with Crippen molar-refractivity contribution in [1.29, 1.82) is 0 Å². The highest BCUT2D eigenvalue weighted by atomic mass is 15.0. The van der Waals surface area contributed by atoms with E-state index in [1.165, 1.54) is 37.7 Å². The minimum absolute atomic E-state index is 0.621. The lowest BCUT2D eigenvalue weighted by atomic mass is 9.77. The van der Waals surface area contributed by atoms with Gasteiger partial charge >= 0.3 is 0 Å². The van der Waals surface area contributed by atoms with Crippen LogP contribution in [0.4, 0.5) is 0 Å². The summed E-state index contributed by atoms with van der Waals surface area (Å²) in [4.78, 5) is 0. The normalized spacial score (nSPS) is 35.1. The van der Waals surface area contributed by atoms with E-state index in [-0.39, 0.29) is 0 Å². The number of piperidine rings is 1. The van der Waals surface area contributed by atoms with E-state index in [0.29, 0.717) is 6.04 Å². The van der Waals surface area contributed by atoms with Crippen molar-refractivity contribution in [2.45, 2.75) is 44.2 Å². The van der Waals surface area contributed by atoms with Crippen molar-refractivity contribution in [1.82, 2.24) is 5.32 Å². The fraction of sp³-hybridized carbons (Fsp3) is 0.571. The average molecular weight is 201 g/mol. The molecule has 2 fully saturated rings. The Hall–Kier alpha value is -0.820. The Labute approximate surface area is 91.9 Å². The molecule has 3 rings (SSSR count). The predicted octanol–water partition coefficient (Wildman–Crippen LogP) is 3.28. The molecule has 1 saturated carbocycles. The molecule has 2 aliphatic rings. The lowest BCUT2D eigenvalue weighted by Gasteiger charge is -2.40. The monoisotopic (exact) mass is 201 g/mol. The largest absolute Gasteiger partial charge is 0.307 e. The van der Waals surface area contributed by atoms with Gasteiger partial charge in [-0.3, -0.25) is 0 Å². The van der Waals surface area contributed by atoms with Crippen LogP contribution in [0, 0.1) is 5.92 Å². The van der Waals surface area contributed by atoms with E-state index in [9.17, 15) is 0 Å². The molecule has 80 valence electrons. The maximum Gasteiger partial charge on any atom is 0.0325 e. The molecule has 2 bridgehead atoms. The van der Waals surface area contributed by atoms with E-state index in [1.54, 1.807) is 0 Å². The zero-order valence-corrected chi connectivity index (χ0v) is 9.15. The molecule has 1 N–H and O–H groups in total. The zero-order valence-electron chi connectivity index (χ0n) is 9.15.